The predicted molar refractivity (Wildman–Crippen MR) is 72.2 cm³/mol. The Balaban J connectivity index is 2.87. The number of hydrogen-bond acceptors (Lipinski definition) is 4. The molecule has 0 bridgehead atoms. The zero-order valence-corrected chi connectivity index (χ0v) is 11.7. The summed E-state index contributed by atoms with van der Waals surface area (Å²) in [6, 6.07) is 0. The summed E-state index contributed by atoms with van der Waals surface area (Å²) in [7, 11) is 1.61. The normalized spacial score (nSPS) is 11.6. The van der Waals surface area contributed by atoms with E-state index in [2.05, 4.69) is 23.8 Å². The van der Waals surface area contributed by atoms with E-state index in [0.717, 1.165) is 5.16 Å². The van der Waals surface area contributed by atoms with Crippen molar-refractivity contribution in [2.75, 3.05) is 6.26 Å². The van der Waals surface area contributed by atoms with Crippen LogP contribution < -0.4 is 11.2 Å². The SMILES string of the molecule is CSc1nc2c(c(=O)[nH]c(=O)n2C)n1CC(C)C. The van der Waals surface area contributed by atoms with Gasteiger partial charge in [-0.1, -0.05) is 25.6 Å². The van der Waals surface area contributed by atoms with Crippen molar-refractivity contribution in [3.8, 4) is 0 Å². The Bertz CT molecular complexity index is 695. The number of aromatic nitrogens is 4. The quantitative estimate of drug-likeness (QED) is 0.836. The van der Waals surface area contributed by atoms with Crippen LogP contribution in [0.3, 0.4) is 0 Å². The second-order valence-electron chi connectivity index (χ2n) is 4.59. The minimum Gasteiger partial charge on any atom is -0.313 e. The van der Waals surface area contributed by atoms with Crippen LogP contribution in [0.25, 0.3) is 11.2 Å². The van der Waals surface area contributed by atoms with Gasteiger partial charge in [-0.2, -0.15) is 0 Å². The highest BCUT2D eigenvalue weighted by Gasteiger charge is 2.17. The van der Waals surface area contributed by atoms with Gasteiger partial charge < -0.3 is 4.57 Å². The molecule has 0 aromatic carbocycles. The summed E-state index contributed by atoms with van der Waals surface area (Å²) in [6.07, 6.45) is 1.91. The van der Waals surface area contributed by atoms with E-state index in [9.17, 15) is 9.59 Å². The molecule has 0 fully saturated rings. The number of imidazole rings is 1. The van der Waals surface area contributed by atoms with E-state index in [0.29, 0.717) is 23.6 Å². The van der Waals surface area contributed by atoms with Crippen molar-refractivity contribution >= 4 is 22.9 Å². The Morgan fingerprint density at radius 2 is 2.06 bits per heavy atom. The summed E-state index contributed by atoms with van der Waals surface area (Å²) in [5.41, 5.74) is 0.0970. The fourth-order valence-corrected chi connectivity index (χ4v) is 2.47. The Morgan fingerprint density at radius 3 is 2.61 bits per heavy atom. The maximum absolute atomic E-state index is 11.9. The fourth-order valence-electron chi connectivity index (χ4n) is 1.90. The third-order valence-electron chi connectivity index (χ3n) is 2.70. The molecule has 0 atom stereocenters. The number of H-pyrrole nitrogens is 1. The first-order chi connectivity index (χ1) is 8.45. The predicted octanol–water partition coefficient (Wildman–Crippen LogP) is 0.801. The van der Waals surface area contributed by atoms with Gasteiger partial charge in [-0.05, 0) is 12.2 Å². The molecule has 0 unspecified atom stereocenters. The number of fused-ring (bicyclic) bond motifs is 1. The first-order valence-corrected chi connectivity index (χ1v) is 6.91. The Hall–Kier alpha value is -1.50. The van der Waals surface area contributed by atoms with E-state index >= 15 is 0 Å². The average Bonchev–Trinajstić information content (AvgIpc) is 2.64. The molecule has 0 amide bonds. The van der Waals surface area contributed by atoms with Gasteiger partial charge in [0.1, 0.15) is 0 Å². The van der Waals surface area contributed by atoms with Gasteiger partial charge in [0.2, 0.25) is 0 Å². The average molecular weight is 268 g/mol. The number of thioether (sulfide) groups is 1. The molecule has 0 spiro atoms. The monoisotopic (exact) mass is 268 g/mol. The van der Waals surface area contributed by atoms with Crippen molar-refractivity contribution in [2.24, 2.45) is 13.0 Å². The van der Waals surface area contributed by atoms with Gasteiger partial charge in [0, 0.05) is 13.6 Å². The molecule has 2 rings (SSSR count). The molecule has 0 aliphatic carbocycles. The van der Waals surface area contributed by atoms with E-state index in [4.69, 9.17) is 0 Å². The van der Waals surface area contributed by atoms with Gasteiger partial charge in [0.25, 0.3) is 5.56 Å². The molecule has 0 radical (unpaired) electrons. The van der Waals surface area contributed by atoms with Crippen LogP contribution >= 0.6 is 11.8 Å². The minimum atomic E-state index is -0.436. The van der Waals surface area contributed by atoms with E-state index in [-0.39, 0.29) is 5.56 Å². The smallest absolute Gasteiger partial charge is 0.313 e. The van der Waals surface area contributed by atoms with Crippen LogP contribution in [0.2, 0.25) is 0 Å². The van der Waals surface area contributed by atoms with Crippen LogP contribution in [0.15, 0.2) is 14.7 Å². The summed E-state index contributed by atoms with van der Waals surface area (Å²) < 4.78 is 3.25. The third kappa shape index (κ3) is 1.98. The van der Waals surface area contributed by atoms with E-state index in [1.807, 2.05) is 10.8 Å². The highest BCUT2D eigenvalue weighted by Crippen LogP contribution is 2.20. The third-order valence-corrected chi connectivity index (χ3v) is 3.38. The zero-order valence-electron chi connectivity index (χ0n) is 10.9. The summed E-state index contributed by atoms with van der Waals surface area (Å²) in [6.45, 7) is 4.85. The highest BCUT2D eigenvalue weighted by atomic mass is 32.2. The molecule has 0 aliphatic rings. The number of rotatable bonds is 3. The molecule has 18 heavy (non-hydrogen) atoms. The molecule has 2 aromatic heterocycles. The van der Waals surface area contributed by atoms with Gasteiger partial charge in [-0.3, -0.25) is 14.3 Å². The van der Waals surface area contributed by atoms with Crippen molar-refractivity contribution in [1.82, 2.24) is 19.1 Å². The number of aromatic amines is 1. The molecule has 1 N–H and O–H groups in total. The number of nitrogens with zero attached hydrogens (tertiary/aromatic N) is 3. The summed E-state index contributed by atoms with van der Waals surface area (Å²) in [5.74, 6) is 0.393. The Morgan fingerprint density at radius 1 is 1.39 bits per heavy atom. The van der Waals surface area contributed by atoms with Gasteiger partial charge in [0.05, 0.1) is 0 Å². The van der Waals surface area contributed by atoms with E-state index in [1.165, 1.54) is 16.3 Å². The van der Waals surface area contributed by atoms with Crippen molar-refractivity contribution in [2.45, 2.75) is 25.5 Å². The van der Waals surface area contributed by atoms with Crippen LogP contribution in [0.5, 0.6) is 0 Å². The number of hydrogen-bond donors (Lipinski definition) is 1. The van der Waals surface area contributed by atoms with Crippen LogP contribution in [0.4, 0.5) is 0 Å². The Kier molecular flexibility index (Phi) is 3.34. The molecule has 0 saturated carbocycles. The van der Waals surface area contributed by atoms with Crippen LogP contribution in [0, 0.1) is 5.92 Å². The second kappa shape index (κ2) is 4.64. The Labute approximate surface area is 108 Å². The lowest BCUT2D eigenvalue weighted by Crippen LogP contribution is -2.29. The molecular weight excluding hydrogens is 252 g/mol. The van der Waals surface area contributed by atoms with Gasteiger partial charge in [0.15, 0.2) is 16.3 Å². The topological polar surface area (TPSA) is 72.7 Å². The highest BCUT2D eigenvalue weighted by molar-refractivity contribution is 7.98. The molecule has 0 saturated heterocycles. The molecule has 2 heterocycles. The molecular formula is C11H16N4O2S. The largest absolute Gasteiger partial charge is 0.329 e. The van der Waals surface area contributed by atoms with Crippen molar-refractivity contribution in [3.05, 3.63) is 20.8 Å². The van der Waals surface area contributed by atoms with Crippen molar-refractivity contribution < 1.29 is 0 Å². The molecule has 0 aliphatic heterocycles. The fraction of sp³-hybridized carbons (Fsp3) is 0.545. The molecule has 98 valence electrons. The number of nitrogens with one attached hydrogen (secondary N) is 1. The van der Waals surface area contributed by atoms with E-state index < -0.39 is 5.69 Å². The van der Waals surface area contributed by atoms with Crippen molar-refractivity contribution in [1.29, 1.82) is 0 Å². The van der Waals surface area contributed by atoms with Crippen LogP contribution in [0.1, 0.15) is 13.8 Å². The molecule has 2 aromatic rings. The zero-order chi connectivity index (χ0) is 13.4. The maximum atomic E-state index is 11.9. The lowest BCUT2D eigenvalue weighted by atomic mass is 10.2. The van der Waals surface area contributed by atoms with Crippen LogP contribution in [-0.2, 0) is 13.6 Å². The van der Waals surface area contributed by atoms with Gasteiger partial charge in [-0.15, -0.1) is 0 Å². The van der Waals surface area contributed by atoms with Crippen molar-refractivity contribution in [3.63, 3.8) is 0 Å². The first-order valence-electron chi connectivity index (χ1n) is 5.69. The lowest BCUT2D eigenvalue weighted by molar-refractivity contribution is 0.504. The summed E-state index contributed by atoms with van der Waals surface area (Å²) in [4.78, 5) is 30.2. The van der Waals surface area contributed by atoms with Gasteiger partial charge >= 0.3 is 5.69 Å². The molecule has 6 nitrogen and oxygen atoms in total. The maximum Gasteiger partial charge on any atom is 0.329 e. The van der Waals surface area contributed by atoms with Crippen LogP contribution in [-0.4, -0.2) is 25.4 Å². The molecule has 7 heteroatoms. The summed E-state index contributed by atoms with van der Waals surface area (Å²) >= 11 is 1.47. The number of aryl methyl sites for hydroxylation is 1. The lowest BCUT2D eigenvalue weighted by Gasteiger charge is -2.09. The standard InChI is InChI=1S/C11H16N4O2S/c1-6(2)5-15-7-8(12-11(15)18-4)14(3)10(17)13-9(7)16/h6H,5H2,1-4H3,(H,13,16,17). The summed E-state index contributed by atoms with van der Waals surface area (Å²) in [5, 5.41) is 0.755. The first kappa shape index (κ1) is 12.9. The van der Waals surface area contributed by atoms with E-state index in [1.54, 1.807) is 7.05 Å². The van der Waals surface area contributed by atoms with Gasteiger partial charge in [-0.25, -0.2) is 9.78 Å². The minimum absolute atomic E-state index is 0.374. The second-order valence-corrected chi connectivity index (χ2v) is 5.37.